The molecule has 1 aliphatic rings. The van der Waals surface area contributed by atoms with Gasteiger partial charge in [0.1, 0.15) is 12.4 Å². The van der Waals surface area contributed by atoms with Crippen LogP contribution >= 0.6 is 0 Å². The molecule has 1 N–H and O–H groups in total. The smallest absolute Gasteiger partial charge is 0.418 e. The summed E-state index contributed by atoms with van der Waals surface area (Å²) in [6.45, 7) is 2.03. The van der Waals surface area contributed by atoms with Crippen molar-refractivity contribution in [3.63, 3.8) is 0 Å². The van der Waals surface area contributed by atoms with Crippen LogP contribution in [-0.2, 0) is 14.3 Å². The number of aliphatic carboxylic acids is 1. The average Bonchev–Trinajstić information content (AvgIpc) is 2.76. The lowest BCUT2D eigenvalue weighted by Crippen LogP contribution is -2.30. The van der Waals surface area contributed by atoms with Crippen LogP contribution in [0.1, 0.15) is 31.2 Å². The maximum Gasteiger partial charge on any atom is 0.418 e. The number of amides is 1. The van der Waals surface area contributed by atoms with Gasteiger partial charge in [-0.3, -0.25) is 0 Å². The summed E-state index contributed by atoms with van der Waals surface area (Å²) in [6, 6.07) is 13.7. The summed E-state index contributed by atoms with van der Waals surface area (Å²) in [5.41, 5.74) is 1.51. The standard InChI is InChI=1S/C24H28FNO5/c1-17-10-11-21(13-22(17)25)26(20-8-3-2-4-9-20)24(29)31-15-19-7-5-6-18(12-19)14-30-16-23(27)28/h2-4,8-11,13,18-19H,5-7,12,14-16H2,1H3,(H,27,28). The highest BCUT2D eigenvalue weighted by Gasteiger charge is 2.26. The highest BCUT2D eigenvalue weighted by atomic mass is 19.1. The van der Waals surface area contributed by atoms with E-state index in [1.807, 2.05) is 18.2 Å². The van der Waals surface area contributed by atoms with Gasteiger partial charge >= 0.3 is 12.1 Å². The lowest BCUT2D eigenvalue weighted by molar-refractivity contribution is -0.142. The van der Waals surface area contributed by atoms with Crippen molar-refractivity contribution in [3.8, 4) is 0 Å². The second-order valence-electron chi connectivity index (χ2n) is 7.99. The molecule has 2 aromatic carbocycles. The van der Waals surface area contributed by atoms with Crippen molar-refractivity contribution >= 4 is 23.4 Å². The second-order valence-corrected chi connectivity index (χ2v) is 7.99. The molecule has 7 heteroatoms. The van der Waals surface area contributed by atoms with Crippen LogP contribution in [0, 0.1) is 24.6 Å². The van der Waals surface area contributed by atoms with E-state index in [-0.39, 0.29) is 30.9 Å². The van der Waals surface area contributed by atoms with Crippen LogP contribution in [0.4, 0.5) is 20.6 Å². The molecule has 0 saturated heterocycles. The molecule has 0 heterocycles. The molecule has 0 bridgehead atoms. The third kappa shape index (κ3) is 6.52. The van der Waals surface area contributed by atoms with E-state index in [0.29, 0.717) is 23.5 Å². The Balaban J connectivity index is 1.64. The van der Waals surface area contributed by atoms with E-state index in [9.17, 15) is 14.0 Å². The Morgan fingerprint density at radius 3 is 2.45 bits per heavy atom. The minimum Gasteiger partial charge on any atom is -0.480 e. The monoisotopic (exact) mass is 429 g/mol. The Labute approximate surface area is 181 Å². The zero-order valence-electron chi connectivity index (χ0n) is 17.6. The number of carboxylic acids is 1. The largest absolute Gasteiger partial charge is 0.480 e. The molecule has 0 aromatic heterocycles. The van der Waals surface area contributed by atoms with E-state index in [2.05, 4.69) is 0 Å². The van der Waals surface area contributed by atoms with Gasteiger partial charge in [0.05, 0.1) is 24.6 Å². The van der Waals surface area contributed by atoms with Crippen LogP contribution in [0.2, 0.25) is 0 Å². The molecule has 1 amide bonds. The van der Waals surface area contributed by atoms with E-state index in [1.165, 1.54) is 11.0 Å². The predicted octanol–water partition coefficient (Wildman–Crippen LogP) is 5.32. The third-order valence-electron chi connectivity index (χ3n) is 5.52. The van der Waals surface area contributed by atoms with Crippen LogP contribution in [0.3, 0.4) is 0 Å². The first-order chi connectivity index (χ1) is 14.9. The topological polar surface area (TPSA) is 76.1 Å². The lowest BCUT2D eigenvalue weighted by Gasteiger charge is -2.29. The summed E-state index contributed by atoms with van der Waals surface area (Å²) in [7, 11) is 0. The van der Waals surface area contributed by atoms with Gasteiger partial charge in [-0.1, -0.05) is 30.7 Å². The summed E-state index contributed by atoms with van der Waals surface area (Å²) in [5.74, 6) is -0.922. The van der Waals surface area contributed by atoms with Crippen LogP contribution in [0.25, 0.3) is 0 Å². The van der Waals surface area contributed by atoms with Gasteiger partial charge in [0.2, 0.25) is 0 Å². The first-order valence-corrected chi connectivity index (χ1v) is 10.5. The predicted molar refractivity (Wildman–Crippen MR) is 115 cm³/mol. The fraction of sp³-hybridized carbons (Fsp3) is 0.417. The molecule has 0 aliphatic heterocycles. The quantitative estimate of drug-likeness (QED) is 0.615. The Bertz CT molecular complexity index is 889. The van der Waals surface area contributed by atoms with Crippen LogP contribution < -0.4 is 4.90 Å². The number of carbonyl (C=O) groups excluding carboxylic acids is 1. The first-order valence-electron chi connectivity index (χ1n) is 10.5. The number of aryl methyl sites for hydroxylation is 1. The molecule has 0 spiro atoms. The van der Waals surface area contributed by atoms with Crippen molar-refractivity contribution in [2.24, 2.45) is 11.8 Å². The summed E-state index contributed by atoms with van der Waals surface area (Å²) in [4.78, 5) is 25.0. The van der Waals surface area contributed by atoms with Crippen molar-refractivity contribution < 1.29 is 28.6 Å². The number of carboxylic acid groups (broad SMARTS) is 1. The highest BCUT2D eigenvalue weighted by molar-refractivity contribution is 5.96. The van der Waals surface area contributed by atoms with Crippen molar-refractivity contribution in [3.05, 3.63) is 59.9 Å². The first kappa shape index (κ1) is 22.7. The van der Waals surface area contributed by atoms with Crippen molar-refractivity contribution in [2.75, 3.05) is 24.7 Å². The van der Waals surface area contributed by atoms with Gasteiger partial charge in [0.15, 0.2) is 0 Å². The van der Waals surface area contributed by atoms with Gasteiger partial charge in [-0.15, -0.1) is 0 Å². The summed E-state index contributed by atoms with van der Waals surface area (Å²) in [5, 5.41) is 8.70. The number of carbonyl (C=O) groups is 2. The molecular weight excluding hydrogens is 401 g/mol. The fourth-order valence-electron chi connectivity index (χ4n) is 3.93. The number of anilines is 2. The van der Waals surface area contributed by atoms with E-state index in [1.54, 1.807) is 31.2 Å². The van der Waals surface area contributed by atoms with Gasteiger partial charge in [-0.2, -0.15) is 0 Å². The zero-order valence-corrected chi connectivity index (χ0v) is 17.6. The molecule has 1 saturated carbocycles. The normalized spacial score (nSPS) is 18.4. The number of ether oxygens (including phenoxy) is 2. The van der Waals surface area contributed by atoms with Gasteiger partial charge in [-0.05, 0) is 67.9 Å². The Kier molecular flexibility index (Phi) is 8.00. The second kappa shape index (κ2) is 10.9. The number of hydrogen-bond donors (Lipinski definition) is 1. The third-order valence-corrected chi connectivity index (χ3v) is 5.52. The summed E-state index contributed by atoms with van der Waals surface area (Å²) >= 11 is 0. The number of rotatable bonds is 8. The molecular formula is C24H28FNO5. The van der Waals surface area contributed by atoms with Gasteiger partial charge in [0.25, 0.3) is 0 Å². The van der Waals surface area contributed by atoms with Crippen LogP contribution in [0.15, 0.2) is 48.5 Å². The van der Waals surface area contributed by atoms with Crippen molar-refractivity contribution in [2.45, 2.75) is 32.6 Å². The van der Waals surface area contributed by atoms with Gasteiger partial charge in [-0.25, -0.2) is 18.9 Å². The molecule has 0 radical (unpaired) electrons. The van der Waals surface area contributed by atoms with Gasteiger partial charge < -0.3 is 14.6 Å². The number of halogens is 1. The number of nitrogens with zero attached hydrogens (tertiary/aromatic N) is 1. The van der Waals surface area contributed by atoms with Gasteiger partial charge in [0, 0.05) is 0 Å². The molecule has 31 heavy (non-hydrogen) atoms. The van der Waals surface area contributed by atoms with E-state index < -0.39 is 12.1 Å². The number of para-hydroxylation sites is 1. The molecule has 6 nitrogen and oxygen atoms in total. The van der Waals surface area contributed by atoms with E-state index in [0.717, 1.165) is 25.7 Å². The molecule has 1 aliphatic carbocycles. The Morgan fingerprint density at radius 2 is 1.77 bits per heavy atom. The zero-order chi connectivity index (χ0) is 22.2. The van der Waals surface area contributed by atoms with Crippen molar-refractivity contribution in [1.29, 1.82) is 0 Å². The summed E-state index contributed by atoms with van der Waals surface area (Å²) in [6.07, 6.45) is 3.15. The van der Waals surface area contributed by atoms with E-state index >= 15 is 0 Å². The summed E-state index contributed by atoms with van der Waals surface area (Å²) < 4.78 is 25.0. The highest BCUT2D eigenvalue weighted by Crippen LogP contribution is 2.31. The Morgan fingerprint density at radius 1 is 1.06 bits per heavy atom. The molecule has 3 rings (SSSR count). The number of benzene rings is 2. The fourth-order valence-corrected chi connectivity index (χ4v) is 3.93. The SMILES string of the molecule is Cc1ccc(N(C(=O)OCC2CCCC(COCC(=O)O)C2)c2ccccc2)cc1F. The Hall–Kier alpha value is -2.93. The molecule has 2 aromatic rings. The van der Waals surface area contributed by atoms with Crippen molar-refractivity contribution in [1.82, 2.24) is 0 Å². The maximum absolute atomic E-state index is 14.2. The molecule has 1 fully saturated rings. The average molecular weight is 429 g/mol. The molecule has 2 atom stereocenters. The van der Waals surface area contributed by atoms with Crippen LogP contribution in [0.5, 0.6) is 0 Å². The van der Waals surface area contributed by atoms with E-state index in [4.69, 9.17) is 14.6 Å². The molecule has 2 unspecified atom stereocenters. The molecule has 166 valence electrons. The number of hydrogen-bond acceptors (Lipinski definition) is 4. The maximum atomic E-state index is 14.2. The minimum absolute atomic E-state index is 0.184. The van der Waals surface area contributed by atoms with Crippen LogP contribution in [-0.4, -0.2) is 37.0 Å². The lowest BCUT2D eigenvalue weighted by atomic mass is 9.82. The minimum atomic E-state index is -0.977.